The predicted molar refractivity (Wildman–Crippen MR) is 219 cm³/mol. The molecular weight excluding hydrogens is 670 g/mol. The summed E-state index contributed by atoms with van der Waals surface area (Å²) in [7, 11) is 7.18. The Morgan fingerprint density at radius 1 is 1.00 bits per heavy atom. The minimum absolute atomic E-state index is 0.00491. The number of amides is 3. The van der Waals surface area contributed by atoms with Crippen molar-refractivity contribution in [2.45, 2.75) is 138 Å². The van der Waals surface area contributed by atoms with E-state index in [1.165, 1.54) is 6.42 Å². The molecule has 4 N–H and O–H groups in total. The van der Waals surface area contributed by atoms with Crippen LogP contribution in [-0.2, 0) is 23.9 Å². The number of methoxy groups -OCH3 is 1. The van der Waals surface area contributed by atoms with Crippen LogP contribution in [0.4, 0.5) is 0 Å². The van der Waals surface area contributed by atoms with E-state index in [4.69, 9.17) is 4.74 Å². The normalized spacial score (nSPS) is 17.7. The Balaban J connectivity index is 0. The summed E-state index contributed by atoms with van der Waals surface area (Å²) in [5.74, 6) is 0.559. The van der Waals surface area contributed by atoms with E-state index in [1.54, 1.807) is 19.1 Å². The number of ether oxygens (including phenoxy) is 1. The lowest BCUT2D eigenvalue weighted by molar-refractivity contribution is -0.144. The summed E-state index contributed by atoms with van der Waals surface area (Å²) in [5, 5.41) is 18.0. The molecule has 1 saturated heterocycles. The molecule has 8 unspecified atom stereocenters. The van der Waals surface area contributed by atoms with E-state index in [-0.39, 0.29) is 60.4 Å². The lowest BCUT2D eigenvalue weighted by atomic mass is 9.82. The summed E-state index contributed by atoms with van der Waals surface area (Å²) in [6.45, 7) is 20.1. The van der Waals surface area contributed by atoms with Crippen LogP contribution in [0.2, 0.25) is 0 Å². The van der Waals surface area contributed by atoms with E-state index in [2.05, 4.69) is 71.3 Å². The predicted octanol–water partition coefficient (Wildman–Crippen LogP) is 5.86. The molecule has 11 heteroatoms. The fourth-order valence-electron chi connectivity index (χ4n) is 6.40. The van der Waals surface area contributed by atoms with Crippen LogP contribution in [0.15, 0.2) is 30.3 Å². The third-order valence-corrected chi connectivity index (χ3v) is 10.1. The number of rotatable bonds is 19. The zero-order valence-electron chi connectivity index (χ0n) is 35.7. The zero-order chi connectivity index (χ0) is 40.9. The van der Waals surface area contributed by atoms with Crippen molar-refractivity contribution >= 4 is 24.5 Å². The Bertz CT molecular complexity index is 1080. The second-order valence-corrected chi connectivity index (χ2v) is 14.6. The summed E-state index contributed by atoms with van der Waals surface area (Å²) in [6, 6.07) is 10.1. The molecule has 0 bridgehead atoms. The number of hydrogen-bond acceptors (Lipinski definition) is 8. The highest BCUT2D eigenvalue weighted by molar-refractivity contribution is 5.80. The number of carbonyl (C=O) groups is 4. The van der Waals surface area contributed by atoms with Crippen molar-refractivity contribution in [2.24, 2.45) is 23.7 Å². The number of aliphatic hydroxyl groups excluding tert-OH is 1. The second-order valence-electron chi connectivity index (χ2n) is 14.6. The average molecular weight is 750 g/mol. The summed E-state index contributed by atoms with van der Waals surface area (Å²) in [5.41, 5.74) is 0.960. The molecule has 1 aliphatic heterocycles. The van der Waals surface area contributed by atoms with Gasteiger partial charge < -0.3 is 40.4 Å². The first kappa shape index (κ1) is 52.2. The molecule has 2 rings (SSSR count). The maximum absolute atomic E-state index is 13.5. The van der Waals surface area contributed by atoms with Crippen molar-refractivity contribution < 1.29 is 29.0 Å². The van der Waals surface area contributed by atoms with Gasteiger partial charge in [-0.05, 0) is 63.6 Å². The molecule has 53 heavy (non-hydrogen) atoms. The number of aldehydes is 1. The molecule has 0 aliphatic carbocycles. The van der Waals surface area contributed by atoms with E-state index < -0.39 is 0 Å². The van der Waals surface area contributed by atoms with Crippen molar-refractivity contribution in [2.75, 3.05) is 47.9 Å². The molecule has 1 heterocycles. The van der Waals surface area contributed by atoms with E-state index in [1.807, 2.05) is 56.3 Å². The molecule has 1 aromatic rings. The van der Waals surface area contributed by atoms with Crippen LogP contribution >= 0.6 is 0 Å². The van der Waals surface area contributed by atoms with Crippen LogP contribution < -0.4 is 16.0 Å². The van der Waals surface area contributed by atoms with E-state index >= 15 is 0 Å². The van der Waals surface area contributed by atoms with Crippen molar-refractivity contribution in [1.29, 1.82) is 0 Å². The van der Waals surface area contributed by atoms with E-state index in [0.29, 0.717) is 32.0 Å². The van der Waals surface area contributed by atoms with Crippen LogP contribution in [0.3, 0.4) is 0 Å². The van der Waals surface area contributed by atoms with Crippen molar-refractivity contribution in [3.05, 3.63) is 35.9 Å². The Morgan fingerprint density at radius 3 is 2.04 bits per heavy atom. The fourth-order valence-corrected chi connectivity index (χ4v) is 6.40. The molecule has 11 nitrogen and oxygen atoms in total. The van der Waals surface area contributed by atoms with Gasteiger partial charge >= 0.3 is 0 Å². The van der Waals surface area contributed by atoms with Gasteiger partial charge in [-0.15, -0.1) is 0 Å². The maximum atomic E-state index is 13.5. The minimum Gasteiger partial charge on any atom is -0.387 e. The minimum atomic E-state index is -0.388. The number of nitrogens with zero attached hydrogens (tertiary/aromatic N) is 2. The molecule has 0 spiro atoms. The number of carbonyl (C=O) groups excluding carboxylic acids is 4. The topological polar surface area (TPSA) is 140 Å². The van der Waals surface area contributed by atoms with Gasteiger partial charge in [-0.25, -0.2) is 0 Å². The average Bonchev–Trinajstić information content (AvgIpc) is 3.17. The Hall–Kier alpha value is -2.86. The molecule has 8 atom stereocenters. The van der Waals surface area contributed by atoms with Gasteiger partial charge in [0.1, 0.15) is 6.29 Å². The van der Waals surface area contributed by atoms with Gasteiger partial charge in [-0.1, -0.05) is 105 Å². The third-order valence-electron chi connectivity index (χ3n) is 10.1. The fraction of sp³-hybridized carbons (Fsp3) is 0.762. The van der Waals surface area contributed by atoms with Gasteiger partial charge in [0, 0.05) is 51.7 Å². The first-order chi connectivity index (χ1) is 25.2. The number of piperidine rings is 1. The molecule has 1 fully saturated rings. The second kappa shape index (κ2) is 31.5. The molecule has 3 amide bonds. The Morgan fingerprint density at radius 2 is 1.60 bits per heavy atom. The van der Waals surface area contributed by atoms with Crippen LogP contribution in [-0.4, -0.2) is 112 Å². The number of likely N-dealkylation sites (tertiary alicyclic amines) is 1. The van der Waals surface area contributed by atoms with Crippen molar-refractivity contribution in [1.82, 2.24) is 25.8 Å². The van der Waals surface area contributed by atoms with Gasteiger partial charge in [0.2, 0.25) is 18.2 Å². The summed E-state index contributed by atoms with van der Waals surface area (Å²) >= 11 is 0. The van der Waals surface area contributed by atoms with Gasteiger partial charge in [0.25, 0.3) is 0 Å². The van der Waals surface area contributed by atoms with E-state index in [9.17, 15) is 24.3 Å². The molecule has 1 aliphatic rings. The third kappa shape index (κ3) is 20.4. The highest BCUT2D eigenvalue weighted by Crippen LogP contribution is 2.30. The number of likely N-dealkylation sites (N-methyl/N-ethyl adjacent to an activating group) is 2. The molecular formula is C42H79N5O6. The number of hydrogen-bond donors (Lipinski definition) is 4. The largest absolute Gasteiger partial charge is 0.387 e. The smallest absolute Gasteiger partial charge is 0.241 e. The van der Waals surface area contributed by atoms with Crippen LogP contribution in [0.1, 0.15) is 119 Å². The Kier molecular flexibility index (Phi) is 31.0. The van der Waals surface area contributed by atoms with Gasteiger partial charge in [-0.2, -0.15) is 0 Å². The van der Waals surface area contributed by atoms with Crippen LogP contribution in [0.5, 0.6) is 0 Å². The van der Waals surface area contributed by atoms with Crippen molar-refractivity contribution in [3.8, 4) is 0 Å². The molecule has 1 aromatic carbocycles. The first-order valence-electron chi connectivity index (χ1n) is 20.0. The van der Waals surface area contributed by atoms with Crippen LogP contribution in [0.25, 0.3) is 0 Å². The lowest BCUT2D eigenvalue weighted by Gasteiger charge is -2.43. The summed E-state index contributed by atoms with van der Waals surface area (Å²) in [4.78, 5) is 51.8. The molecule has 0 saturated carbocycles. The maximum Gasteiger partial charge on any atom is 0.241 e. The van der Waals surface area contributed by atoms with Crippen molar-refractivity contribution in [3.63, 3.8) is 0 Å². The lowest BCUT2D eigenvalue weighted by Crippen LogP contribution is -2.54. The molecule has 308 valence electrons. The highest BCUT2D eigenvalue weighted by atomic mass is 16.5. The highest BCUT2D eigenvalue weighted by Gasteiger charge is 2.38. The Labute approximate surface area is 323 Å². The zero-order valence-corrected chi connectivity index (χ0v) is 35.7. The summed E-state index contributed by atoms with van der Waals surface area (Å²) in [6.07, 6.45) is 6.71. The van der Waals surface area contributed by atoms with Gasteiger partial charge in [0.05, 0.1) is 24.8 Å². The van der Waals surface area contributed by atoms with E-state index in [0.717, 1.165) is 49.9 Å². The summed E-state index contributed by atoms with van der Waals surface area (Å²) < 4.78 is 5.65. The number of benzene rings is 1. The monoisotopic (exact) mass is 750 g/mol. The van der Waals surface area contributed by atoms with Gasteiger partial charge in [0.15, 0.2) is 0 Å². The number of aliphatic hydroxyl groups is 1. The quantitative estimate of drug-likeness (QED) is 0.129. The standard InChI is InChI=1S/C24H43N3O5.C9H13NO.C6H15N.C3H8/c1-7-17(3)23(26(5)22(31)14-25-16-29)19(8-2)13-21(30)27-12-10-9-11-20(27)24(32-6)18(4)15-28;1-10-7-9(11)8-5-3-2-4-6-8;1-5(2)6(3)7-4;1-3-2/h15-20,23-24H,7-14H2,1-6H3,(H,25,29);2-6,9-11H,7H2,1H3;5-7H,1-4H3;3H2,1-2H3. The first-order valence-corrected chi connectivity index (χ1v) is 20.0. The van der Waals surface area contributed by atoms with Gasteiger partial charge in [-0.3, -0.25) is 14.4 Å². The van der Waals surface area contributed by atoms with Crippen LogP contribution in [0, 0.1) is 23.7 Å². The SMILES string of the molecule is CCC.CCC(C)C(C(CC)CC(=O)N1CCCCC1C(OC)C(C)C=O)N(C)C(=O)CNC=O.CNC(C)C(C)C.CNCC(O)c1ccccc1. The molecule has 0 radical (unpaired) electrons. The number of nitrogens with one attached hydrogen (secondary N) is 3. The molecule has 0 aromatic heterocycles.